The minimum absolute atomic E-state index is 0.0181. The van der Waals surface area contributed by atoms with E-state index in [2.05, 4.69) is 0 Å². The van der Waals surface area contributed by atoms with Gasteiger partial charge in [-0.3, -0.25) is 0 Å². The normalized spacial score (nSPS) is 10.9. The predicted molar refractivity (Wildman–Crippen MR) is 54.1 cm³/mol. The summed E-state index contributed by atoms with van der Waals surface area (Å²) in [4.78, 5) is 0.921. The SMILES string of the molecule is Cc1sc2ccc(CO)cc2c1O. The van der Waals surface area contributed by atoms with Crippen LogP contribution in [0, 0.1) is 6.92 Å². The highest BCUT2D eigenvalue weighted by Gasteiger charge is 2.07. The molecule has 0 unspecified atom stereocenters. The molecule has 0 bridgehead atoms. The summed E-state index contributed by atoms with van der Waals surface area (Å²) >= 11 is 1.57. The smallest absolute Gasteiger partial charge is 0.137 e. The first-order chi connectivity index (χ1) is 6.22. The number of thiophene rings is 1. The Balaban J connectivity index is 2.75. The summed E-state index contributed by atoms with van der Waals surface area (Å²) in [6.07, 6.45) is 0. The average Bonchev–Trinajstić information content (AvgIpc) is 2.43. The Labute approximate surface area is 80.1 Å². The van der Waals surface area contributed by atoms with Crippen LogP contribution in [-0.4, -0.2) is 10.2 Å². The van der Waals surface area contributed by atoms with E-state index >= 15 is 0 Å². The summed E-state index contributed by atoms with van der Waals surface area (Å²) in [6.45, 7) is 1.91. The van der Waals surface area contributed by atoms with Crippen molar-refractivity contribution in [1.29, 1.82) is 0 Å². The first-order valence-electron chi connectivity index (χ1n) is 4.04. The fraction of sp³-hybridized carbons (Fsp3) is 0.200. The zero-order valence-electron chi connectivity index (χ0n) is 7.24. The van der Waals surface area contributed by atoms with Crippen LogP contribution in [0.1, 0.15) is 10.4 Å². The Bertz CT molecular complexity index is 445. The van der Waals surface area contributed by atoms with Crippen molar-refractivity contribution >= 4 is 21.4 Å². The number of aliphatic hydroxyl groups is 1. The summed E-state index contributed by atoms with van der Waals surface area (Å²) in [7, 11) is 0. The molecule has 0 radical (unpaired) electrons. The summed E-state index contributed by atoms with van der Waals surface area (Å²) in [5.74, 6) is 0.343. The standard InChI is InChI=1S/C10H10O2S/c1-6-10(12)8-4-7(5-11)2-3-9(8)13-6/h2-4,11-12H,5H2,1H3. The van der Waals surface area contributed by atoms with Gasteiger partial charge in [-0.2, -0.15) is 0 Å². The van der Waals surface area contributed by atoms with E-state index in [4.69, 9.17) is 5.11 Å². The van der Waals surface area contributed by atoms with Crippen LogP contribution in [0.3, 0.4) is 0 Å². The van der Waals surface area contributed by atoms with E-state index in [0.29, 0.717) is 5.75 Å². The highest BCUT2D eigenvalue weighted by molar-refractivity contribution is 7.19. The molecule has 0 fully saturated rings. The summed E-state index contributed by atoms with van der Waals surface area (Å²) in [5.41, 5.74) is 0.834. The van der Waals surface area contributed by atoms with E-state index in [1.165, 1.54) is 0 Å². The van der Waals surface area contributed by atoms with Crippen molar-refractivity contribution in [2.24, 2.45) is 0 Å². The molecule has 0 spiro atoms. The maximum atomic E-state index is 9.65. The molecule has 0 atom stereocenters. The Morgan fingerprint density at radius 1 is 1.38 bits per heavy atom. The van der Waals surface area contributed by atoms with Gasteiger partial charge in [0.05, 0.1) is 6.61 Å². The molecule has 0 amide bonds. The molecule has 1 heterocycles. The van der Waals surface area contributed by atoms with Crippen molar-refractivity contribution in [1.82, 2.24) is 0 Å². The second-order valence-corrected chi connectivity index (χ2v) is 4.25. The second-order valence-electron chi connectivity index (χ2n) is 3.00. The Morgan fingerprint density at radius 2 is 2.15 bits per heavy atom. The molecule has 2 N–H and O–H groups in total. The van der Waals surface area contributed by atoms with Crippen LogP contribution >= 0.6 is 11.3 Å². The van der Waals surface area contributed by atoms with E-state index in [1.54, 1.807) is 11.3 Å². The Morgan fingerprint density at radius 3 is 2.85 bits per heavy atom. The number of aromatic hydroxyl groups is 1. The van der Waals surface area contributed by atoms with Crippen LogP contribution in [-0.2, 0) is 6.61 Å². The summed E-state index contributed by atoms with van der Waals surface area (Å²) < 4.78 is 1.06. The van der Waals surface area contributed by atoms with Crippen molar-refractivity contribution in [2.45, 2.75) is 13.5 Å². The highest BCUT2D eigenvalue weighted by atomic mass is 32.1. The fourth-order valence-corrected chi connectivity index (χ4v) is 2.29. The van der Waals surface area contributed by atoms with Crippen molar-refractivity contribution in [2.75, 3.05) is 0 Å². The molecule has 2 rings (SSSR count). The highest BCUT2D eigenvalue weighted by Crippen LogP contribution is 2.36. The van der Waals surface area contributed by atoms with Crippen molar-refractivity contribution in [3.05, 3.63) is 28.6 Å². The topological polar surface area (TPSA) is 40.5 Å². The van der Waals surface area contributed by atoms with Crippen LogP contribution in [0.5, 0.6) is 5.75 Å². The molecule has 0 aliphatic rings. The second kappa shape index (κ2) is 3.01. The molecule has 0 saturated heterocycles. The van der Waals surface area contributed by atoms with Gasteiger partial charge in [-0.25, -0.2) is 0 Å². The first kappa shape index (κ1) is 8.53. The van der Waals surface area contributed by atoms with E-state index in [0.717, 1.165) is 20.5 Å². The van der Waals surface area contributed by atoms with Gasteiger partial charge >= 0.3 is 0 Å². The molecule has 1 aromatic heterocycles. The molecule has 0 aliphatic heterocycles. The molecule has 0 saturated carbocycles. The van der Waals surface area contributed by atoms with Crippen LogP contribution in [0.4, 0.5) is 0 Å². The first-order valence-corrected chi connectivity index (χ1v) is 4.86. The lowest BCUT2D eigenvalue weighted by molar-refractivity contribution is 0.282. The van der Waals surface area contributed by atoms with Gasteiger partial charge in [0.15, 0.2) is 0 Å². The molecule has 0 aliphatic carbocycles. The van der Waals surface area contributed by atoms with Gasteiger partial charge in [-0.1, -0.05) is 6.07 Å². The van der Waals surface area contributed by atoms with Crippen molar-refractivity contribution < 1.29 is 10.2 Å². The third-order valence-electron chi connectivity index (χ3n) is 2.08. The molecule has 1 aromatic carbocycles. The number of aliphatic hydroxyl groups excluding tert-OH is 1. The molecular weight excluding hydrogens is 184 g/mol. The molecule has 13 heavy (non-hydrogen) atoms. The van der Waals surface area contributed by atoms with E-state index < -0.39 is 0 Å². The van der Waals surface area contributed by atoms with Gasteiger partial charge in [-0.15, -0.1) is 11.3 Å². The zero-order valence-corrected chi connectivity index (χ0v) is 8.06. The van der Waals surface area contributed by atoms with Crippen LogP contribution in [0.15, 0.2) is 18.2 Å². The maximum Gasteiger partial charge on any atom is 0.137 e. The molecular formula is C10H10O2S. The number of rotatable bonds is 1. The van der Waals surface area contributed by atoms with Crippen LogP contribution in [0.25, 0.3) is 10.1 Å². The minimum atomic E-state index is 0.0181. The third-order valence-corrected chi connectivity index (χ3v) is 3.15. The maximum absolute atomic E-state index is 9.65. The number of benzene rings is 1. The van der Waals surface area contributed by atoms with E-state index in [1.807, 2.05) is 25.1 Å². The van der Waals surface area contributed by atoms with Crippen LogP contribution < -0.4 is 0 Å². The molecule has 3 heteroatoms. The summed E-state index contributed by atoms with van der Waals surface area (Å²) in [5, 5.41) is 19.4. The van der Waals surface area contributed by atoms with Gasteiger partial charge in [-0.05, 0) is 24.6 Å². The lowest BCUT2D eigenvalue weighted by Gasteiger charge is -1.95. The van der Waals surface area contributed by atoms with Gasteiger partial charge in [0.25, 0.3) is 0 Å². The number of fused-ring (bicyclic) bond motifs is 1. The zero-order chi connectivity index (χ0) is 9.42. The van der Waals surface area contributed by atoms with Crippen molar-refractivity contribution in [3.8, 4) is 5.75 Å². The lowest BCUT2D eigenvalue weighted by Crippen LogP contribution is -1.80. The third kappa shape index (κ3) is 1.30. The van der Waals surface area contributed by atoms with Crippen molar-refractivity contribution in [3.63, 3.8) is 0 Å². The average molecular weight is 194 g/mol. The quantitative estimate of drug-likeness (QED) is 0.731. The fourth-order valence-electron chi connectivity index (χ4n) is 1.35. The lowest BCUT2D eigenvalue weighted by atomic mass is 10.1. The minimum Gasteiger partial charge on any atom is -0.506 e. The number of hydrogen-bond acceptors (Lipinski definition) is 3. The van der Waals surface area contributed by atoms with E-state index in [9.17, 15) is 5.11 Å². The Hall–Kier alpha value is -1.06. The van der Waals surface area contributed by atoms with Gasteiger partial charge in [0.1, 0.15) is 5.75 Å². The molecule has 68 valence electrons. The van der Waals surface area contributed by atoms with Gasteiger partial charge in [0.2, 0.25) is 0 Å². The van der Waals surface area contributed by atoms with E-state index in [-0.39, 0.29) is 6.61 Å². The van der Waals surface area contributed by atoms with Gasteiger partial charge in [0, 0.05) is 15.0 Å². The largest absolute Gasteiger partial charge is 0.506 e. The summed E-state index contributed by atoms with van der Waals surface area (Å²) in [6, 6.07) is 5.63. The number of aryl methyl sites for hydroxylation is 1. The predicted octanol–water partition coefficient (Wildman–Crippen LogP) is 2.41. The number of hydrogen-bond donors (Lipinski definition) is 2. The van der Waals surface area contributed by atoms with Crippen LogP contribution in [0.2, 0.25) is 0 Å². The molecule has 2 nitrogen and oxygen atoms in total. The molecule has 2 aromatic rings. The monoisotopic (exact) mass is 194 g/mol. The Kier molecular flexibility index (Phi) is 1.98. The van der Waals surface area contributed by atoms with Gasteiger partial charge < -0.3 is 10.2 Å².